The first-order chi connectivity index (χ1) is 7.63. The van der Waals surface area contributed by atoms with E-state index in [2.05, 4.69) is 5.32 Å². The molecule has 0 unspecified atom stereocenters. The van der Waals surface area contributed by atoms with E-state index >= 15 is 0 Å². The zero-order valence-corrected chi connectivity index (χ0v) is 10.5. The van der Waals surface area contributed by atoms with Gasteiger partial charge < -0.3 is 5.32 Å². The number of anilines is 1. The second-order valence-corrected chi connectivity index (χ2v) is 4.65. The lowest BCUT2D eigenvalue weighted by molar-refractivity contribution is -0.113. The Bertz CT molecular complexity index is 431. The standard InChI is InChI=1S/C10H8Cl2N2OS/c11-7-1-2-8(12)9(5-7)14-10(15)6-16-4-3-13/h1-2,5H,4,6H2,(H,14,15). The number of nitrogens with one attached hydrogen (secondary N) is 1. The second-order valence-electron chi connectivity index (χ2n) is 2.82. The summed E-state index contributed by atoms with van der Waals surface area (Å²) in [5, 5.41) is 11.9. The first-order valence-corrected chi connectivity index (χ1v) is 6.24. The van der Waals surface area contributed by atoms with Crippen LogP contribution in [-0.4, -0.2) is 17.4 Å². The topological polar surface area (TPSA) is 52.9 Å². The van der Waals surface area contributed by atoms with E-state index in [9.17, 15) is 4.79 Å². The van der Waals surface area contributed by atoms with Crippen LogP contribution >= 0.6 is 35.0 Å². The number of hydrogen-bond acceptors (Lipinski definition) is 3. The Morgan fingerprint density at radius 3 is 2.94 bits per heavy atom. The van der Waals surface area contributed by atoms with Crippen molar-refractivity contribution in [1.29, 1.82) is 5.26 Å². The SMILES string of the molecule is N#CCSCC(=O)Nc1cc(Cl)ccc1Cl. The normalized spacial score (nSPS) is 9.56. The summed E-state index contributed by atoms with van der Waals surface area (Å²) in [5.74, 6) is 0.303. The molecule has 1 amide bonds. The van der Waals surface area contributed by atoms with Gasteiger partial charge in [0.1, 0.15) is 0 Å². The van der Waals surface area contributed by atoms with Crippen LogP contribution in [0.2, 0.25) is 10.0 Å². The summed E-state index contributed by atoms with van der Waals surface area (Å²) in [5.41, 5.74) is 0.483. The highest BCUT2D eigenvalue weighted by molar-refractivity contribution is 8.00. The van der Waals surface area contributed by atoms with Gasteiger partial charge in [-0.1, -0.05) is 23.2 Å². The predicted molar refractivity (Wildman–Crippen MR) is 68.0 cm³/mol. The van der Waals surface area contributed by atoms with Crippen LogP contribution in [0.1, 0.15) is 0 Å². The van der Waals surface area contributed by atoms with Gasteiger partial charge in [0.2, 0.25) is 5.91 Å². The van der Waals surface area contributed by atoms with Crippen LogP contribution < -0.4 is 5.32 Å². The maximum Gasteiger partial charge on any atom is 0.234 e. The van der Waals surface area contributed by atoms with E-state index in [1.54, 1.807) is 18.2 Å². The summed E-state index contributed by atoms with van der Waals surface area (Å²) in [7, 11) is 0. The van der Waals surface area contributed by atoms with E-state index in [1.807, 2.05) is 6.07 Å². The average Bonchev–Trinajstić information content (AvgIpc) is 2.24. The van der Waals surface area contributed by atoms with Crippen molar-refractivity contribution in [2.45, 2.75) is 0 Å². The summed E-state index contributed by atoms with van der Waals surface area (Å²) in [6, 6.07) is 6.78. The largest absolute Gasteiger partial charge is 0.324 e. The fourth-order valence-electron chi connectivity index (χ4n) is 0.969. The highest BCUT2D eigenvalue weighted by Crippen LogP contribution is 2.25. The van der Waals surface area contributed by atoms with Gasteiger partial charge in [-0.2, -0.15) is 5.26 Å². The van der Waals surface area contributed by atoms with E-state index in [0.717, 1.165) is 0 Å². The smallest absolute Gasteiger partial charge is 0.234 e. The van der Waals surface area contributed by atoms with Crippen LogP contribution in [0.4, 0.5) is 5.69 Å². The van der Waals surface area contributed by atoms with Crippen LogP contribution in [0.5, 0.6) is 0 Å². The van der Waals surface area contributed by atoms with E-state index in [-0.39, 0.29) is 17.4 Å². The van der Waals surface area contributed by atoms with E-state index < -0.39 is 0 Å². The predicted octanol–water partition coefficient (Wildman–Crippen LogP) is 3.19. The van der Waals surface area contributed by atoms with Crippen molar-refractivity contribution in [3.8, 4) is 6.07 Å². The fraction of sp³-hybridized carbons (Fsp3) is 0.200. The molecule has 0 bridgehead atoms. The summed E-state index contributed by atoms with van der Waals surface area (Å²) in [4.78, 5) is 11.4. The Morgan fingerprint density at radius 1 is 1.50 bits per heavy atom. The Hall–Kier alpha value is -0.890. The molecular formula is C10H8Cl2N2OS. The second kappa shape index (κ2) is 6.64. The van der Waals surface area contributed by atoms with Crippen molar-refractivity contribution >= 4 is 46.6 Å². The highest BCUT2D eigenvalue weighted by Gasteiger charge is 2.06. The van der Waals surface area contributed by atoms with Crippen LogP contribution in [0.25, 0.3) is 0 Å². The molecule has 0 aliphatic rings. The number of thioether (sulfide) groups is 1. The molecule has 6 heteroatoms. The molecule has 0 aliphatic heterocycles. The number of amides is 1. The first kappa shape index (κ1) is 13.2. The monoisotopic (exact) mass is 274 g/mol. The van der Waals surface area contributed by atoms with Gasteiger partial charge in [-0.25, -0.2) is 0 Å². The van der Waals surface area contributed by atoms with Gasteiger partial charge in [0.05, 0.1) is 28.3 Å². The molecule has 0 radical (unpaired) electrons. The molecule has 1 rings (SSSR count). The minimum absolute atomic E-state index is 0.204. The maximum absolute atomic E-state index is 11.4. The van der Waals surface area contributed by atoms with Crippen molar-refractivity contribution in [3.05, 3.63) is 28.2 Å². The molecule has 1 N–H and O–H groups in total. The Labute approximate surface area is 108 Å². The van der Waals surface area contributed by atoms with E-state index in [4.69, 9.17) is 28.5 Å². The first-order valence-electron chi connectivity index (χ1n) is 4.33. The van der Waals surface area contributed by atoms with Gasteiger partial charge in [-0.05, 0) is 18.2 Å². The molecule has 0 atom stereocenters. The van der Waals surface area contributed by atoms with E-state index in [0.29, 0.717) is 15.7 Å². The molecule has 84 valence electrons. The van der Waals surface area contributed by atoms with Crippen LogP contribution in [0.3, 0.4) is 0 Å². The molecule has 16 heavy (non-hydrogen) atoms. The molecule has 0 fully saturated rings. The van der Waals surface area contributed by atoms with Gasteiger partial charge in [0.25, 0.3) is 0 Å². The van der Waals surface area contributed by atoms with Crippen molar-refractivity contribution in [2.24, 2.45) is 0 Å². The quantitative estimate of drug-likeness (QED) is 0.858. The third-order valence-electron chi connectivity index (χ3n) is 1.60. The maximum atomic E-state index is 11.4. The molecular weight excluding hydrogens is 267 g/mol. The summed E-state index contributed by atoms with van der Waals surface area (Å²) in [6.07, 6.45) is 0. The number of nitriles is 1. The molecule has 1 aromatic carbocycles. The van der Waals surface area contributed by atoms with Crippen LogP contribution in [0, 0.1) is 11.3 Å². The molecule has 0 heterocycles. The van der Waals surface area contributed by atoms with Gasteiger partial charge >= 0.3 is 0 Å². The number of rotatable bonds is 4. The van der Waals surface area contributed by atoms with Crippen molar-refractivity contribution < 1.29 is 4.79 Å². The van der Waals surface area contributed by atoms with Crippen LogP contribution in [-0.2, 0) is 4.79 Å². The Kier molecular flexibility index (Phi) is 5.47. The third kappa shape index (κ3) is 4.31. The van der Waals surface area contributed by atoms with Crippen molar-refractivity contribution in [2.75, 3.05) is 16.8 Å². The van der Waals surface area contributed by atoms with Crippen molar-refractivity contribution in [3.63, 3.8) is 0 Å². The van der Waals surface area contributed by atoms with Crippen LogP contribution in [0.15, 0.2) is 18.2 Å². The summed E-state index contributed by atoms with van der Waals surface area (Å²) < 4.78 is 0. The van der Waals surface area contributed by atoms with Gasteiger partial charge in [0, 0.05) is 5.02 Å². The summed E-state index contributed by atoms with van der Waals surface area (Å²) >= 11 is 12.9. The fourth-order valence-corrected chi connectivity index (χ4v) is 1.76. The molecule has 1 aromatic rings. The molecule has 0 spiro atoms. The molecule has 0 aromatic heterocycles. The Balaban J connectivity index is 2.56. The highest BCUT2D eigenvalue weighted by atomic mass is 35.5. The lowest BCUT2D eigenvalue weighted by Crippen LogP contribution is -2.14. The number of carbonyl (C=O) groups is 1. The number of halogens is 2. The lowest BCUT2D eigenvalue weighted by atomic mass is 10.3. The third-order valence-corrected chi connectivity index (χ3v) is 2.97. The van der Waals surface area contributed by atoms with Gasteiger partial charge in [0.15, 0.2) is 0 Å². The minimum Gasteiger partial charge on any atom is -0.324 e. The molecule has 0 saturated carbocycles. The number of carbonyl (C=O) groups excluding carboxylic acids is 1. The van der Waals surface area contributed by atoms with Gasteiger partial charge in [-0.15, -0.1) is 11.8 Å². The number of nitrogens with zero attached hydrogens (tertiary/aromatic N) is 1. The number of hydrogen-bond donors (Lipinski definition) is 1. The molecule has 0 saturated heterocycles. The van der Waals surface area contributed by atoms with Gasteiger partial charge in [-0.3, -0.25) is 4.79 Å². The van der Waals surface area contributed by atoms with Crippen molar-refractivity contribution in [1.82, 2.24) is 0 Å². The van der Waals surface area contributed by atoms with E-state index in [1.165, 1.54) is 11.8 Å². The Morgan fingerprint density at radius 2 is 2.25 bits per heavy atom. The summed E-state index contributed by atoms with van der Waals surface area (Å²) in [6.45, 7) is 0. The zero-order valence-electron chi connectivity index (χ0n) is 8.17. The molecule has 3 nitrogen and oxygen atoms in total. The number of benzene rings is 1. The zero-order chi connectivity index (χ0) is 12.0. The lowest BCUT2D eigenvalue weighted by Gasteiger charge is -2.06. The molecule has 0 aliphatic carbocycles. The minimum atomic E-state index is -0.204. The average molecular weight is 275 g/mol.